The fourth-order valence-electron chi connectivity index (χ4n) is 3.16. The number of ether oxygens (including phenoxy) is 1. The molecule has 1 saturated heterocycles. The van der Waals surface area contributed by atoms with Crippen LogP contribution in [0.4, 0.5) is 0 Å². The smallest absolute Gasteiger partial charge is 0.345 e. The van der Waals surface area contributed by atoms with E-state index in [2.05, 4.69) is 15.0 Å². The maximum atomic E-state index is 12.6. The fraction of sp³-hybridized carbons (Fsp3) is 0.444. The minimum Gasteiger partial charge on any atom is -0.370 e. The lowest BCUT2D eigenvalue weighted by Gasteiger charge is -2.33. The number of carbonyl (C=O) groups is 1. The fourth-order valence-corrected chi connectivity index (χ4v) is 3.16. The number of aromatic nitrogens is 3. The molecule has 0 aliphatic carbocycles. The molecular weight excluding hydrogens is 320 g/mol. The number of nitrogens with zero attached hydrogens (tertiary/aromatic N) is 3. The Hall–Kier alpha value is -2.54. The first-order chi connectivity index (χ1) is 12.0. The molecule has 2 aromatic rings. The monoisotopic (exact) mass is 342 g/mol. The Morgan fingerprint density at radius 2 is 2.28 bits per heavy atom. The molecule has 0 aromatic carbocycles. The number of pyridine rings is 1. The molecule has 1 aliphatic rings. The Labute approximate surface area is 146 Å². The molecule has 3 rings (SSSR count). The van der Waals surface area contributed by atoms with Gasteiger partial charge in [-0.15, -0.1) is 0 Å². The third-order valence-electron chi connectivity index (χ3n) is 4.52. The average Bonchev–Trinajstić information content (AvgIpc) is 2.61. The molecule has 2 aromatic heterocycles. The Kier molecular flexibility index (Phi) is 5.23. The van der Waals surface area contributed by atoms with E-state index >= 15 is 0 Å². The summed E-state index contributed by atoms with van der Waals surface area (Å²) in [5, 5.41) is 0. The highest BCUT2D eigenvalue weighted by atomic mass is 16.5. The third-order valence-corrected chi connectivity index (χ3v) is 4.52. The lowest BCUT2D eigenvalue weighted by atomic mass is 10.1. The van der Waals surface area contributed by atoms with Gasteiger partial charge in [0.25, 0.3) is 0 Å². The van der Waals surface area contributed by atoms with E-state index < -0.39 is 0 Å². The van der Waals surface area contributed by atoms with Gasteiger partial charge in [0.15, 0.2) is 0 Å². The second kappa shape index (κ2) is 7.57. The standard InChI is InChI=1S/C18H22N4O3/c1-12-15(13(2)21-18(24)20-12)5-6-17(23)22-8-9-25-16(11-22)14-4-3-7-19-10-14/h3-4,7,10,16H,5-6,8-9,11H2,1-2H3,(H,20,21,24)/t16-/m0/s1. The minimum absolute atomic E-state index is 0.0854. The average molecular weight is 342 g/mol. The van der Waals surface area contributed by atoms with Crippen LogP contribution in [0, 0.1) is 13.8 Å². The number of rotatable bonds is 4. The lowest BCUT2D eigenvalue weighted by molar-refractivity contribution is -0.139. The van der Waals surface area contributed by atoms with Crippen LogP contribution in [0.5, 0.6) is 0 Å². The van der Waals surface area contributed by atoms with Gasteiger partial charge in [0, 0.05) is 42.3 Å². The zero-order valence-electron chi connectivity index (χ0n) is 14.5. The molecule has 1 aliphatic heterocycles. The minimum atomic E-state index is -0.349. The van der Waals surface area contributed by atoms with Crippen molar-refractivity contribution in [2.75, 3.05) is 19.7 Å². The highest BCUT2D eigenvalue weighted by Crippen LogP contribution is 2.22. The van der Waals surface area contributed by atoms with E-state index in [4.69, 9.17) is 4.74 Å². The second-order valence-electron chi connectivity index (χ2n) is 6.22. The van der Waals surface area contributed by atoms with Crippen molar-refractivity contribution in [3.05, 3.63) is 57.5 Å². The van der Waals surface area contributed by atoms with Crippen molar-refractivity contribution in [1.29, 1.82) is 0 Å². The molecule has 1 N–H and O–H groups in total. The number of morpholine rings is 1. The molecular formula is C18H22N4O3. The zero-order chi connectivity index (χ0) is 17.8. The molecule has 25 heavy (non-hydrogen) atoms. The Morgan fingerprint density at radius 1 is 1.44 bits per heavy atom. The van der Waals surface area contributed by atoms with Crippen LogP contribution in [0.15, 0.2) is 29.3 Å². The molecule has 1 amide bonds. The number of hydrogen-bond acceptors (Lipinski definition) is 5. The maximum absolute atomic E-state index is 12.6. The van der Waals surface area contributed by atoms with E-state index in [-0.39, 0.29) is 17.7 Å². The SMILES string of the molecule is Cc1nc(=O)[nH]c(C)c1CCC(=O)N1CCO[C@H](c2cccnc2)C1. The maximum Gasteiger partial charge on any atom is 0.345 e. The Morgan fingerprint density at radius 3 is 3.00 bits per heavy atom. The summed E-state index contributed by atoms with van der Waals surface area (Å²) >= 11 is 0. The van der Waals surface area contributed by atoms with Crippen molar-refractivity contribution in [3.8, 4) is 0 Å². The summed E-state index contributed by atoms with van der Waals surface area (Å²) in [6.07, 6.45) is 4.31. The summed E-state index contributed by atoms with van der Waals surface area (Å²) in [5.74, 6) is 0.0854. The number of hydrogen-bond donors (Lipinski definition) is 1. The summed E-state index contributed by atoms with van der Waals surface area (Å²) in [7, 11) is 0. The van der Waals surface area contributed by atoms with Crippen molar-refractivity contribution in [2.45, 2.75) is 32.8 Å². The van der Waals surface area contributed by atoms with Crippen LogP contribution >= 0.6 is 0 Å². The predicted octanol–water partition coefficient (Wildman–Crippen LogP) is 1.31. The number of aromatic amines is 1. The van der Waals surface area contributed by atoms with Crippen molar-refractivity contribution in [2.24, 2.45) is 0 Å². The summed E-state index contributed by atoms with van der Waals surface area (Å²) in [6.45, 7) is 5.28. The van der Waals surface area contributed by atoms with E-state index in [1.54, 1.807) is 19.3 Å². The second-order valence-corrected chi connectivity index (χ2v) is 6.22. The van der Waals surface area contributed by atoms with Crippen LogP contribution in [0.1, 0.15) is 35.0 Å². The van der Waals surface area contributed by atoms with Crippen LogP contribution < -0.4 is 5.69 Å². The largest absolute Gasteiger partial charge is 0.370 e. The number of amides is 1. The number of carbonyl (C=O) groups excluding carboxylic acids is 1. The van der Waals surface area contributed by atoms with E-state index in [1.165, 1.54) is 0 Å². The van der Waals surface area contributed by atoms with Gasteiger partial charge >= 0.3 is 5.69 Å². The first-order valence-corrected chi connectivity index (χ1v) is 8.40. The molecule has 3 heterocycles. The quantitative estimate of drug-likeness (QED) is 0.905. The van der Waals surface area contributed by atoms with Gasteiger partial charge in [0.2, 0.25) is 5.91 Å². The molecule has 0 unspecified atom stereocenters. The molecule has 0 radical (unpaired) electrons. The summed E-state index contributed by atoms with van der Waals surface area (Å²) in [5.41, 5.74) is 3.03. The van der Waals surface area contributed by atoms with Gasteiger partial charge < -0.3 is 14.6 Å². The van der Waals surface area contributed by atoms with Gasteiger partial charge in [-0.05, 0) is 31.9 Å². The van der Waals surface area contributed by atoms with Crippen LogP contribution in [0.25, 0.3) is 0 Å². The molecule has 0 spiro atoms. The van der Waals surface area contributed by atoms with Gasteiger partial charge in [-0.2, -0.15) is 4.98 Å². The number of H-pyrrole nitrogens is 1. The van der Waals surface area contributed by atoms with Gasteiger partial charge in [-0.3, -0.25) is 9.78 Å². The number of aryl methyl sites for hydroxylation is 2. The van der Waals surface area contributed by atoms with Crippen molar-refractivity contribution < 1.29 is 9.53 Å². The molecule has 1 atom stereocenters. The number of nitrogens with one attached hydrogen (secondary N) is 1. The van der Waals surface area contributed by atoms with Gasteiger partial charge in [-0.25, -0.2) is 4.79 Å². The molecule has 0 bridgehead atoms. The van der Waals surface area contributed by atoms with Gasteiger partial charge in [0.05, 0.1) is 13.2 Å². The Balaban J connectivity index is 1.63. The van der Waals surface area contributed by atoms with E-state index in [1.807, 2.05) is 24.0 Å². The first-order valence-electron chi connectivity index (χ1n) is 8.40. The molecule has 7 nitrogen and oxygen atoms in total. The highest BCUT2D eigenvalue weighted by molar-refractivity contribution is 5.76. The molecule has 7 heteroatoms. The highest BCUT2D eigenvalue weighted by Gasteiger charge is 2.25. The molecule has 1 fully saturated rings. The van der Waals surface area contributed by atoms with Crippen LogP contribution in [0.2, 0.25) is 0 Å². The van der Waals surface area contributed by atoms with E-state index in [0.717, 1.165) is 16.8 Å². The predicted molar refractivity (Wildman–Crippen MR) is 92.2 cm³/mol. The van der Waals surface area contributed by atoms with Crippen LogP contribution in [0.3, 0.4) is 0 Å². The Bertz CT molecular complexity index is 777. The topological polar surface area (TPSA) is 88.2 Å². The van der Waals surface area contributed by atoms with Crippen molar-refractivity contribution in [3.63, 3.8) is 0 Å². The summed E-state index contributed by atoms with van der Waals surface area (Å²) in [6, 6.07) is 3.83. The normalized spacial score (nSPS) is 17.5. The van der Waals surface area contributed by atoms with Crippen molar-refractivity contribution in [1.82, 2.24) is 19.9 Å². The van der Waals surface area contributed by atoms with E-state index in [0.29, 0.717) is 38.2 Å². The van der Waals surface area contributed by atoms with Gasteiger partial charge in [0.1, 0.15) is 6.10 Å². The molecule has 132 valence electrons. The zero-order valence-corrected chi connectivity index (χ0v) is 14.5. The van der Waals surface area contributed by atoms with Crippen LogP contribution in [-0.4, -0.2) is 45.5 Å². The lowest BCUT2D eigenvalue weighted by Crippen LogP contribution is -2.42. The summed E-state index contributed by atoms with van der Waals surface area (Å²) in [4.78, 5) is 36.5. The first kappa shape index (κ1) is 17.3. The summed E-state index contributed by atoms with van der Waals surface area (Å²) < 4.78 is 5.77. The van der Waals surface area contributed by atoms with Crippen LogP contribution in [-0.2, 0) is 16.0 Å². The van der Waals surface area contributed by atoms with Gasteiger partial charge in [-0.1, -0.05) is 6.07 Å². The third kappa shape index (κ3) is 4.11. The van der Waals surface area contributed by atoms with Crippen molar-refractivity contribution >= 4 is 5.91 Å². The molecule has 0 saturated carbocycles. The van der Waals surface area contributed by atoms with E-state index in [9.17, 15) is 9.59 Å².